The molecule has 1 atom stereocenters. The van der Waals surface area contributed by atoms with E-state index in [1.165, 1.54) is 12.1 Å². The van der Waals surface area contributed by atoms with Gasteiger partial charge >= 0.3 is 17.7 Å². The summed E-state index contributed by atoms with van der Waals surface area (Å²) >= 11 is 0. The Morgan fingerprint density at radius 1 is 1.11 bits per heavy atom. The molecule has 2 aliphatic rings. The number of rotatable bonds is 5. The third-order valence-electron chi connectivity index (χ3n) is 5.91. The molecule has 2 aliphatic heterocycles. The highest BCUT2D eigenvalue weighted by molar-refractivity contribution is 6.07. The molecule has 4 amide bonds. The Bertz CT molecular complexity index is 1430. The second-order valence-electron chi connectivity index (χ2n) is 8.16. The zero-order valence-electron chi connectivity index (χ0n) is 18.9. The largest absolute Gasteiger partial charge is 0.454 e. The number of benzene rings is 2. The number of imide groups is 1. The molecule has 0 bridgehead atoms. The summed E-state index contributed by atoms with van der Waals surface area (Å²) in [6.45, 7) is 3.42. The standard InChI is InChI=1S/C24H21N3O8/c1-3-32-23(31)25-15-5-6-16-13(8-20(28)35-18(16)10-15)11-27-21(29)24(2,26-22(27)30)14-4-7-17-19(9-14)34-12-33-17/h4-10H,3,11-12H2,1-2H3,(H,25,31)(H,26,30). The quantitative estimate of drug-likeness (QED) is 0.421. The van der Waals surface area contributed by atoms with Crippen LogP contribution in [0.2, 0.25) is 0 Å². The van der Waals surface area contributed by atoms with Crippen LogP contribution in [0.3, 0.4) is 0 Å². The molecule has 0 aliphatic carbocycles. The number of fused-ring (bicyclic) bond motifs is 2. The van der Waals surface area contributed by atoms with E-state index in [0.29, 0.717) is 33.7 Å². The third kappa shape index (κ3) is 3.90. The number of hydrogen-bond donors (Lipinski definition) is 2. The van der Waals surface area contributed by atoms with Gasteiger partial charge in [-0.2, -0.15) is 0 Å². The van der Waals surface area contributed by atoms with Crippen LogP contribution in [0, 0.1) is 0 Å². The Labute approximate surface area is 198 Å². The lowest BCUT2D eigenvalue weighted by Crippen LogP contribution is -2.40. The molecule has 35 heavy (non-hydrogen) atoms. The number of nitrogens with one attached hydrogen (secondary N) is 2. The average molecular weight is 479 g/mol. The lowest BCUT2D eigenvalue weighted by molar-refractivity contribution is -0.131. The van der Waals surface area contributed by atoms with Crippen molar-refractivity contribution >= 4 is 34.7 Å². The van der Waals surface area contributed by atoms with Crippen LogP contribution >= 0.6 is 0 Å². The van der Waals surface area contributed by atoms with Crippen LogP contribution in [0.4, 0.5) is 15.3 Å². The highest BCUT2D eigenvalue weighted by atomic mass is 16.7. The van der Waals surface area contributed by atoms with Crippen LogP contribution in [0.15, 0.2) is 51.7 Å². The van der Waals surface area contributed by atoms with E-state index in [2.05, 4.69) is 10.6 Å². The van der Waals surface area contributed by atoms with Crippen molar-refractivity contribution in [2.45, 2.75) is 25.9 Å². The van der Waals surface area contributed by atoms with E-state index >= 15 is 0 Å². The van der Waals surface area contributed by atoms with E-state index in [9.17, 15) is 19.2 Å². The molecule has 1 unspecified atom stereocenters. The van der Waals surface area contributed by atoms with Crippen molar-refractivity contribution in [1.29, 1.82) is 0 Å². The number of carbonyl (C=O) groups excluding carboxylic acids is 3. The fourth-order valence-electron chi connectivity index (χ4n) is 4.14. The molecule has 1 fully saturated rings. The molecule has 3 aromatic rings. The summed E-state index contributed by atoms with van der Waals surface area (Å²) in [4.78, 5) is 51.2. The van der Waals surface area contributed by atoms with Crippen LogP contribution in [0.25, 0.3) is 11.0 Å². The van der Waals surface area contributed by atoms with Crippen molar-refractivity contribution in [2.24, 2.45) is 0 Å². The number of nitrogens with zero attached hydrogens (tertiary/aromatic N) is 1. The van der Waals surface area contributed by atoms with Crippen molar-refractivity contribution in [3.05, 3.63) is 64.0 Å². The van der Waals surface area contributed by atoms with E-state index in [1.54, 1.807) is 44.2 Å². The van der Waals surface area contributed by atoms with E-state index < -0.39 is 29.2 Å². The van der Waals surface area contributed by atoms with Crippen molar-refractivity contribution in [1.82, 2.24) is 10.2 Å². The molecule has 5 rings (SSSR count). The first-order valence-electron chi connectivity index (χ1n) is 10.8. The van der Waals surface area contributed by atoms with E-state index in [1.807, 2.05) is 0 Å². The first-order chi connectivity index (χ1) is 16.8. The smallest absolute Gasteiger partial charge is 0.411 e. The lowest BCUT2D eigenvalue weighted by Gasteiger charge is -2.22. The number of amides is 4. The SMILES string of the molecule is CCOC(=O)Nc1ccc2c(CN3C(=O)NC(C)(c4ccc5c(c4)OCO5)C3=O)cc(=O)oc2c1. The van der Waals surface area contributed by atoms with E-state index in [0.717, 1.165) is 4.90 Å². The number of urea groups is 1. The van der Waals surface area contributed by atoms with Gasteiger partial charge in [0.15, 0.2) is 11.5 Å². The zero-order valence-corrected chi connectivity index (χ0v) is 18.9. The van der Waals surface area contributed by atoms with Gasteiger partial charge < -0.3 is 23.9 Å². The summed E-state index contributed by atoms with van der Waals surface area (Å²) in [7, 11) is 0. The molecule has 0 radical (unpaired) electrons. The third-order valence-corrected chi connectivity index (χ3v) is 5.91. The topological polar surface area (TPSA) is 136 Å². The van der Waals surface area contributed by atoms with Gasteiger partial charge in [0.05, 0.1) is 13.2 Å². The molecular weight excluding hydrogens is 458 g/mol. The molecular formula is C24H21N3O8. The summed E-state index contributed by atoms with van der Waals surface area (Å²) in [5.74, 6) is 0.566. The van der Waals surface area contributed by atoms with Gasteiger partial charge in [-0.05, 0) is 49.2 Å². The van der Waals surface area contributed by atoms with Gasteiger partial charge in [-0.3, -0.25) is 15.0 Å². The van der Waals surface area contributed by atoms with Gasteiger partial charge in [-0.15, -0.1) is 0 Å². The number of carbonyl (C=O) groups is 3. The summed E-state index contributed by atoms with van der Waals surface area (Å²) < 4.78 is 20.8. The highest BCUT2D eigenvalue weighted by Gasteiger charge is 2.49. The minimum atomic E-state index is -1.33. The van der Waals surface area contributed by atoms with Crippen molar-refractivity contribution in [3.63, 3.8) is 0 Å². The molecule has 1 saturated heterocycles. The predicted octanol–water partition coefficient (Wildman–Crippen LogP) is 3.06. The van der Waals surface area contributed by atoms with Gasteiger partial charge in [-0.25, -0.2) is 14.4 Å². The molecule has 3 heterocycles. The van der Waals surface area contributed by atoms with Crippen LogP contribution in [0.5, 0.6) is 11.5 Å². The average Bonchev–Trinajstić information content (AvgIpc) is 3.37. The van der Waals surface area contributed by atoms with Crippen LogP contribution in [0.1, 0.15) is 25.0 Å². The minimum absolute atomic E-state index is 0.0859. The van der Waals surface area contributed by atoms with Gasteiger partial charge in [0, 0.05) is 23.2 Å². The number of hydrogen-bond acceptors (Lipinski definition) is 8. The summed E-state index contributed by atoms with van der Waals surface area (Å²) in [6.07, 6.45) is -0.646. The molecule has 1 aromatic heterocycles. The maximum atomic E-state index is 13.4. The maximum Gasteiger partial charge on any atom is 0.411 e. The fourth-order valence-corrected chi connectivity index (χ4v) is 4.14. The predicted molar refractivity (Wildman–Crippen MR) is 122 cm³/mol. The van der Waals surface area contributed by atoms with Gasteiger partial charge in [0.2, 0.25) is 6.79 Å². The number of ether oxygens (including phenoxy) is 3. The fraction of sp³-hybridized carbons (Fsp3) is 0.250. The van der Waals surface area contributed by atoms with Gasteiger partial charge in [0.1, 0.15) is 11.1 Å². The van der Waals surface area contributed by atoms with Gasteiger partial charge in [0.25, 0.3) is 5.91 Å². The zero-order chi connectivity index (χ0) is 24.7. The molecule has 11 nitrogen and oxygen atoms in total. The Morgan fingerprint density at radius 3 is 2.71 bits per heavy atom. The Hall–Kier alpha value is -4.54. The summed E-state index contributed by atoms with van der Waals surface area (Å²) in [5, 5.41) is 5.79. The molecule has 2 N–H and O–H groups in total. The Morgan fingerprint density at radius 2 is 1.91 bits per heavy atom. The second-order valence-corrected chi connectivity index (χ2v) is 8.16. The normalized spacial score (nSPS) is 18.6. The monoisotopic (exact) mass is 479 g/mol. The highest BCUT2D eigenvalue weighted by Crippen LogP contribution is 2.38. The number of anilines is 1. The maximum absolute atomic E-state index is 13.4. The molecule has 180 valence electrons. The van der Waals surface area contributed by atoms with Crippen molar-refractivity contribution < 1.29 is 33.0 Å². The molecule has 2 aromatic carbocycles. The Balaban J connectivity index is 1.44. The van der Waals surface area contributed by atoms with E-state index in [4.69, 9.17) is 18.6 Å². The Kier molecular flexibility index (Phi) is 5.31. The van der Waals surface area contributed by atoms with Crippen LogP contribution < -0.4 is 25.7 Å². The lowest BCUT2D eigenvalue weighted by atomic mass is 9.91. The summed E-state index contributed by atoms with van der Waals surface area (Å²) in [5.41, 5.74) is -0.489. The van der Waals surface area contributed by atoms with Crippen LogP contribution in [-0.4, -0.2) is 36.3 Å². The minimum Gasteiger partial charge on any atom is -0.454 e. The second kappa shape index (κ2) is 8.35. The molecule has 11 heteroatoms. The van der Waals surface area contributed by atoms with Crippen molar-refractivity contribution in [3.8, 4) is 11.5 Å². The summed E-state index contributed by atoms with van der Waals surface area (Å²) in [6, 6.07) is 10.4. The van der Waals surface area contributed by atoms with Crippen LogP contribution in [-0.2, 0) is 21.6 Å². The molecule has 0 saturated carbocycles. The first-order valence-corrected chi connectivity index (χ1v) is 10.8. The van der Waals surface area contributed by atoms with Gasteiger partial charge in [-0.1, -0.05) is 6.07 Å². The van der Waals surface area contributed by atoms with Crippen molar-refractivity contribution in [2.75, 3.05) is 18.7 Å². The molecule has 0 spiro atoms. The van der Waals surface area contributed by atoms with E-state index in [-0.39, 0.29) is 25.5 Å². The first kappa shape index (κ1) is 22.3.